The molecule has 0 bridgehead atoms. The Bertz CT molecular complexity index is 861. The van der Waals surface area contributed by atoms with Crippen LogP contribution in [0.25, 0.3) is 10.8 Å². The van der Waals surface area contributed by atoms with Crippen LogP contribution in [0.3, 0.4) is 0 Å². The van der Waals surface area contributed by atoms with Crippen molar-refractivity contribution in [2.75, 3.05) is 33.4 Å². The van der Waals surface area contributed by atoms with Crippen LogP contribution in [-0.2, 0) is 14.8 Å². The summed E-state index contributed by atoms with van der Waals surface area (Å²) in [7, 11) is -2.03. The second-order valence-corrected chi connectivity index (χ2v) is 8.34. The first-order valence-electron chi connectivity index (χ1n) is 8.89. The van der Waals surface area contributed by atoms with Crippen molar-refractivity contribution in [3.05, 3.63) is 36.4 Å². The molecule has 1 fully saturated rings. The summed E-state index contributed by atoms with van der Waals surface area (Å²) in [6.45, 7) is 4.08. The van der Waals surface area contributed by atoms with E-state index in [9.17, 15) is 8.42 Å². The Balaban J connectivity index is 1.91. The molecule has 1 unspecified atom stereocenters. The van der Waals surface area contributed by atoms with Gasteiger partial charge in [0.25, 0.3) is 0 Å². The zero-order chi connectivity index (χ0) is 18.6. The second-order valence-electron chi connectivity index (χ2n) is 6.61. The normalized spacial score (nSPS) is 20.5. The largest absolute Gasteiger partial charge is 0.493 e. The fraction of sp³-hybridized carbons (Fsp3) is 0.474. The highest BCUT2D eigenvalue weighted by Crippen LogP contribution is 2.31. The Morgan fingerprint density at radius 1 is 1.19 bits per heavy atom. The van der Waals surface area contributed by atoms with Crippen molar-refractivity contribution in [1.29, 1.82) is 0 Å². The number of sulfonamides is 1. The molecule has 26 heavy (non-hydrogen) atoms. The molecule has 1 aliphatic heterocycles. The van der Waals surface area contributed by atoms with Crippen LogP contribution in [0, 0.1) is 0 Å². The first-order valence-corrected chi connectivity index (χ1v) is 10.4. The Morgan fingerprint density at radius 2 is 1.96 bits per heavy atom. The monoisotopic (exact) mass is 378 g/mol. The lowest BCUT2D eigenvalue weighted by Gasteiger charge is -2.29. The molecule has 0 amide bonds. The minimum Gasteiger partial charge on any atom is -0.493 e. The van der Waals surface area contributed by atoms with E-state index in [-0.39, 0.29) is 10.4 Å². The summed E-state index contributed by atoms with van der Waals surface area (Å²) < 4.78 is 39.7. The standard InChI is InChI=1S/C19H26N2O4S/c1-3-25-17-9-10-18(16-8-5-4-7-15(16)17)26(22,23)21-13-19(14-24-2)11-6-12-20-19/h4-5,7-10,20-21H,3,6,11-14H2,1-2H3. The molecule has 0 radical (unpaired) electrons. The van der Waals surface area contributed by atoms with E-state index in [1.165, 1.54) is 0 Å². The summed E-state index contributed by atoms with van der Waals surface area (Å²) in [6.07, 6.45) is 1.89. The van der Waals surface area contributed by atoms with Crippen LogP contribution in [0.15, 0.2) is 41.3 Å². The van der Waals surface area contributed by atoms with Crippen molar-refractivity contribution in [3.8, 4) is 5.75 Å². The van der Waals surface area contributed by atoms with E-state index >= 15 is 0 Å². The molecule has 7 heteroatoms. The van der Waals surface area contributed by atoms with E-state index in [0.29, 0.717) is 30.9 Å². The van der Waals surface area contributed by atoms with Crippen molar-refractivity contribution in [1.82, 2.24) is 10.0 Å². The van der Waals surface area contributed by atoms with Gasteiger partial charge in [0.15, 0.2) is 0 Å². The van der Waals surface area contributed by atoms with E-state index in [0.717, 1.165) is 24.8 Å². The van der Waals surface area contributed by atoms with Crippen LogP contribution in [0.1, 0.15) is 19.8 Å². The molecule has 0 aromatic heterocycles. The molecule has 2 N–H and O–H groups in total. The average Bonchev–Trinajstić information content (AvgIpc) is 3.10. The van der Waals surface area contributed by atoms with Crippen molar-refractivity contribution < 1.29 is 17.9 Å². The minimum absolute atomic E-state index is 0.266. The van der Waals surface area contributed by atoms with Gasteiger partial charge >= 0.3 is 0 Å². The van der Waals surface area contributed by atoms with Gasteiger partial charge in [0.1, 0.15) is 5.75 Å². The summed E-state index contributed by atoms with van der Waals surface area (Å²) >= 11 is 0. The molecule has 1 saturated heterocycles. The van der Waals surface area contributed by atoms with E-state index in [2.05, 4.69) is 10.0 Å². The molecule has 0 spiro atoms. The predicted octanol–water partition coefficient (Wildman–Crippen LogP) is 2.29. The molecule has 3 rings (SSSR count). The molecule has 1 atom stereocenters. The van der Waals surface area contributed by atoms with Gasteiger partial charge in [-0.05, 0) is 38.4 Å². The van der Waals surface area contributed by atoms with Gasteiger partial charge in [-0.3, -0.25) is 0 Å². The maximum Gasteiger partial charge on any atom is 0.241 e. The number of fused-ring (bicyclic) bond motifs is 1. The predicted molar refractivity (Wildman–Crippen MR) is 102 cm³/mol. The molecule has 2 aromatic carbocycles. The topological polar surface area (TPSA) is 76.7 Å². The third-order valence-electron chi connectivity index (χ3n) is 4.79. The number of methoxy groups -OCH3 is 1. The molecule has 2 aromatic rings. The van der Waals surface area contributed by atoms with E-state index in [1.807, 2.05) is 31.2 Å². The molecule has 6 nitrogen and oxygen atoms in total. The number of nitrogens with one attached hydrogen (secondary N) is 2. The maximum absolute atomic E-state index is 13.0. The zero-order valence-corrected chi connectivity index (χ0v) is 16.1. The lowest BCUT2D eigenvalue weighted by Crippen LogP contribution is -2.52. The van der Waals surface area contributed by atoms with E-state index in [1.54, 1.807) is 19.2 Å². The molecule has 1 aliphatic rings. The Hall–Kier alpha value is -1.67. The van der Waals surface area contributed by atoms with Crippen LogP contribution < -0.4 is 14.8 Å². The quantitative estimate of drug-likeness (QED) is 0.737. The van der Waals surface area contributed by atoms with E-state index in [4.69, 9.17) is 9.47 Å². The maximum atomic E-state index is 13.0. The molecule has 142 valence electrons. The number of benzene rings is 2. The Morgan fingerprint density at radius 3 is 2.62 bits per heavy atom. The lowest BCUT2D eigenvalue weighted by atomic mass is 9.99. The molecule has 0 saturated carbocycles. The van der Waals surface area contributed by atoms with Gasteiger partial charge in [-0.15, -0.1) is 0 Å². The van der Waals surface area contributed by atoms with Gasteiger partial charge in [0, 0.05) is 24.4 Å². The van der Waals surface area contributed by atoms with Crippen molar-refractivity contribution in [2.45, 2.75) is 30.2 Å². The van der Waals surface area contributed by atoms with Crippen molar-refractivity contribution in [3.63, 3.8) is 0 Å². The molecular weight excluding hydrogens is 352 g/mol. The second kappa shape index (κ2) is 7.92. The zero-order valence-electron chi connectivity index (χ0n) is 15.2. The van der Waals surface area contributed by atoms with Crippen LogP contribution in [0.5, 0.6) is 5.75 Å². The van der Waals surface area contributed by atoms with Gasteiger partial charge in [-0.2, -0.15) is 0 Å². The summed E-state index contributed by atoms with van der Waals surface area (Å²) in [5, 5.41) is 4.84. The number of rotatable bonds is 8. The van der Waals surface area contributed by atoms with E-state index < -0.39 is 10.0 Å². The third kappa shape index (κ3) is 3.86. The van der Waals surface area contributed by atoms with Gasteiger partial charge in [0.2, 0.25) is 10.0 Å². The third-order valence-corrected chi connectivity index (χ3v) is 6.25. The van der Waals surface area contributed by atoms with Gasteiger partial charge < -0.3 is 14.8 Å². The average molecular weight is 378 g/mol. The van der Waals surface area contributed by atoms with Crippen molar-refractivity contribution in [2.24, 2.45) is 0 Å². The summed E-state index contributed by atoms with van der Waals surface area (Å²) in [5.74, 6) is 0.690. The highest BCUT2D eigenvalue weighted by atomic mass is 32.2. The molecule has 1 heterocycles. The van der Waals surface area contributed by atoms with Crippen LogP contribution in [0.4, 0.5) is 0 Å². The highest BCUT2D eigenvalue weighted by Gasteiger charge is 2.35. The summed E-state index contributed by atoms with van der Waals surface area (Å²) in [5.41, 5.74) is -0.344. The molecule has 0 aliphatic carbocycles. The van der Waals surface area contributed by atoms with Crippen LogP contribution in [0.2, 0.25) is 0 Å². The Kier molecular flexibility index (Phi) is 5.82. The highest BCUT2D eigenvalue weighted by molar-refractivity contribution is 7.89. The SMILES string of the molecule is CCOc1ccc(S(=O)(=O)NCC2(COC)CCCN2)c2ccccc12. The van der Waals surface area contributed by atoms with Crippen LogP contribution >= 0.6 is 0 Å². The fourth-order valence-electron chi connectivity index (χ4n) is 3.54. The Labute approximate surface area is 154 Å². The number of hydrogen-bond acceptors (Lipinski definition) is 5. The molecular formula is C19H26N2O4S. The minimum atomic E-state index is -3.66. The number of ether oxygens (including phenoxy) is 2. The van der Waals surface area contributed by atoms with Crippen molar-refractivity contribution >= 4 is 20.8 Å². The van der Waals surface area contributed by atoms with Gasteiger partial charge in [-0.25, -0.2) is 13.1 Å². The fourth-order valence-corrected chi connectivity index (χ4v) is 4.88. The number of hydrogen-bond donors (Lipinski definition) is 2. The smallest absolute Gasteiger partial charge is 0.241 e. The van der Waals surface area contributed by atoms with Gasteiger partial charge in [0.05, 0.1) is 23.6 Å². The first kappa shape index (κ1) is 19.1. The first-order chi connectivity index (χ1) is 12.5. The van der Waals surface area contributed by atoms with Crippen LogP contribution in [-0.4, -0.2) is 47.4 Å². The summed E-state index contributed by atoms with van der Waals surface area (Å²) in [4.78, 5) is 0.266. The summed E-state index contributed by atoms with van der Waals surface area (Å²) in [6, 6.07) is 10.7. The van der Waals surface area contributed by atoms with Gasteiger partial charge in [-0.1, -0.05) is 24.3 Å². The lowest BCUT2D eigenvalue weighted by molar-refractivity contribution is 0.122.